The number of carbonyl (C=O) groups is 2. The number of benzene rings is 2. The standard InChI is InChI=1S/C28H35N3O3S/c1-5-35-24-15-13-22(14-16-24)21-11-9-20(10-12-21)18-23(19-29)30-26(32)25-8-6-7-17-31(25)27(33)34-28(2,3)4/h9-16,23,25H,5-8,17-18H2,1-4H3,(H,30,32)/t23-,25?/m0/s1. The molecule has 1 N–H and O–H groups in total. The van der Waals surface area contributed by atoms with Crippen LogP contribution in [0.1, 0.15) is 52.5 Å². The Morgan fingerprint density at radius 1 is 1.11 bits per heavy atom. The average Bonchev–Trinajstić information content (AvgIpc) is 2.83. The molecule has 0 radical (unpaired) electrons. The molecule has 35 heavy (non-hydrogen) atoms. The molecule has 2 atom stereocenters. The number of amides is 2. The lowest BCUT2D eigenvalue weighted by Gasteiger charge is -2.36. The van der Waals surface area contributed by atoms with Gasteiger partial charge in [0, 0.05) is 17.9 Å². The Hall–Kier alpha value is -2.98. The fourth-order valence-corrected chi connectivity index (χ4v) is 4.78. The van der Waals surface area contributed by atoms with E-state index in [1.807, 2.05) is 56.8 Å². The van der Waals surface area contributed by atoms with Gasteiger partial charge in [-0.1, -0.05) is 43.3 Å². The predicted octanol–water partition coefficient (Wildman–Crippen LogP) is 5.81. The maximum absolute atomic E-state index is 13.0. The number of thioether (sulfide) groups is 1. The van der Waals surface area contributed by atoms with Crippen LogP contribution in [0.3, 0.4) is 0 Å². The second-order valence-electron chi connectivity index (χ2n) is 9.73. The van der Waals surface area contributed by atoms with Crippen LogP contribution in [0.15, 0.2) is 53.4 Å². The largest absolute Gasteiger partial charge is 0.444 e. The smallest absolute Gasteiger partial charge is 0.410 e. The van der Waals surface area contributed by atoms with Crippen LogP contribution in [-0.2, 0) is 16.0 Å². The van der Waals surface area contributed by atoms with Crippen molar-refractivity contribution >= 4 is 23.8 Å². The van der Waals surface area contributed by atoms with Gasteiger partial charge in [0.05, 0.1) is 6.07 Å². The molecule has 1 aliphatic rings. The highest BCUT2D eigenvalue weighted by atomic mass is 32.2. The first-order chi connectivity index (χ1) is 16.7. The Kier molecular flexibility index (Phi) is 9.22. The summed E-state index contributed by atoms with van der Waals surface area (Å²) in [4.78, 5) is 28.4. The number of hydrogen-bond acceptors (Lipinski definition) is 5. The van der Waals surface area contributed by atoms with Gasteiger partial charge >= 0.3 is 6.09 Å². The van der Waals surface area contributed by atoms with Crippen LogP contribution in [0.25, 0.3) is 11.1 Å². The summed E-state index contributed by atoms with van der Waals surface area (Å²) >= 11 is 1.82. The fourth-order valence-electron chi connectivity index (χ4n) is 4.12. The van der Waals surface area contributed by atoms with Crippen LogP contribution in [0.5, 0.6) is 0 Å². The van der Waals surface area contributed by atoms with Crippen LogP contribution in [0, 0.1) is 11.3 Å². The number of ether oxygens (including phenoxy) is 1. The number of likely N-dealkylation sites (tertiary alicyclic amines) is 1. The molecule has 7 heteroatoms. The minimum Gasteiger partial charge on any atom is -0.444 e. The Balaban J connectivity index is 1.62. The van der Waals surface area contributed by atoms with Crippen molar-refractivity contribution in [3.8, 4) is 17.2 Å². The van der Waals surface area contributed by atoms with Gasteiger partial charge < -0.3 is 10.1 Å². The van der Waals surface area contributed by atoms with E-state index in [-0.39, 0.29) is 5.91 Å². The highest BCUT2D eigenvalue weighted by molar-refractivity contribution is 7.99. The molecular formula is C28H35N3O3S. The number of nitrogens with one attached hydrogen (secondary N) is 1. The first-order valence-electron chi connectivity index (χ1n) is 12.2. The van der Waals surface area contributed by atoms with Crippen molar-refractivity contribution in [1.82, 2.24) is 10.2 Å². The minimum atomic E-state index is -0.680. The summed E-state index contributed by atoms with van der Waals surface area (Å²) in [5, 5.41) is 12.5. The van der Waals surface area contributed by atoms with Gasteiger partial charge in [-0.3, -0.25) is 9.69 Å². The van der Waals surface area contributed by atoms with E-state index in [1.54, 1.807) is 0 Å². The van der Waals surface area contributed by atoms with Gasteiger partial charge in [-0.25, -0.2) is 4.79 Å². The molecule has 3 rings (SSSR count). The van der Waals surface area contributed by atoms with Gasteiger partial charge in [-0.05, 0) is 74.6 Å². The zero-order valence-corrected chi connectivity index (χ0v) is 21.9. The summed E-state index contributed by atoms with van der Waals surface area (Å²) in [7, 11) is 0. The topological polar surface area (TPSA) is 82.4 Å². The lowest BCUT2D eigenvalue weighted by Crippen LogP contribution is -2.54. The molecule has 1 aliphatic heterocycles. The van der Waals surface area contributed by atoms with Crippen LogP contribution in [0.2, 0.25) is 0 Å². The third-order valence-corrected chi connectivity index (χ3v) is 6.69. The van der Waals surface area contributed by atoms with Crippen molar-refractivity contribution in [2.45, 2.75) is 76.0 Å². The third-order valence-electron chi connectivity index (χ3n) is 5.80. The average molecular weight is 494 g/mol. The van der Waals surface area contributed by atoms with E-state index >= 15 is 0 Å². The summed E-state index contributed by atoms with van der Waals surface area (Å²) in [6.45, 7) is 8.04. The Morgan fingerprint density at radius 2 is 1.74 bits per heavy atom. The number of nitriles is 1. The minimum absolute atomic E-state index is 0.302. The van der Waals surface area contributed by atoms with E-state index < -0.39 is 23.8 Å². The number of hydrogen-bond donors (Lipinski definition) is 1. The molecule has 0 spiro atoms. The third kappa shape index (κ3) is 7.76. The first kappa shape index (κ1) is 26.6. The number of piperidine rings is 1. The normalized spacial score (nSPS) is 16.8. The van der Waals surface area contributed by atoms with Crippen LogP contribution in [-0.4, -0.2) is 46.9 Å². The summed E-state index contributed by atoms with van der Waals surface area (Å²) in [6.07, 6.45) is 2.16. The first-order valence-corrected chi connectivity index (χ1v) is 13.2. The maximum Gasteiger partial charge on any atom is 0.410 e. The van der Waals surface area contributed by atoms with Crippen molar-refractivity contribution in [2.75, 3.05) is 12.3 Å². The molecule has 0 bridgehead atoms. The molecule has 2 amide bonds. The van der Waals surface area contributed by atoms with E-state index in [0.717, 1.165) is 35.3 Å². The maximum atomic E-state index is 13.0. The number of nitrogens with zero attached hydrogens (tertiary/aromatic N) is 2. The zero-order valence-electron chi connectivity index (χ0n) is 21.0. The molecule has 186 valence electrons. The van der Waals surface area contributed by atoms with Gasteiger partial charge in [0.15, 0.2) is 0 Å². The molecule has 0 saturated carbocycles. The second-order valence-corrected chi connectivity index (χ2v) is 11.1. The Bertz CT molecular complexity index is 1040. The van der Waals surface area contributed by atoms with Crippen molar-refractivity contribution < 1.29 is 14.3 Å². The monoisotopic (exact) mass is 493 g/mol. The van der Waals surface area contributed by atoms with Gasteiger partial charge in [0.1, 0.15) is 17.7 Å². The Morgan fingerprint density at radius 3 is 2.31 bits per heavy atom. The Labute approximate surface area is 213 Å². The van der Waals surface area contributed by atoms with Crippen molar-refractivity contribution in [3.05, 3.63) is 54.1 Å². The van der Waals surface area contributed by atoms with E-state index in [2.05, 4.69) is 42.6 Å². The second kappa shape index (κ2) is 12.1. The number of carbonyl (C=O) groups excluding carboxylic acids is 2. The summed E-state index contributed by atoms with van der Waals surface area (Å²) in [6, 6.07) is 17.5. The van der Waals surface area contributed by atoms with E-state index in [0.29, 0.717) is 19.4 Å². The van der Waals surface area contributed by atoms with Crippen molar-refractivity contribution in [3.63, 3.8) is 0 Å². The van der Waals surface area contributed by atoms with Gasteiger partial charge in [-0.15, -0.1) is 11.8 Å². The molecule has 1 heterocycles. The molecule has 1 saturated heterocycles. The molecule has 2 aromatic carbocycles. The predicted molar refractivity (Wildman–Crippen MR) is 140 cm³/mol. The van der Waals surface area contributed by atoms with E-state index in [1.165, 1.54) is 9.80 Å². The molecule has 0 aromatic heterocycles. The highest BCUT2D eigenvalue weighted by Gasteiger charge is 2.35. The zero-order chi connectivity index (χ0) is 25.4. The van der Waals surface area contributed by atoms with E-state index in [4.69, 9.17) is 4.74 Å². The lowest BCUT2D eigenvalue weighted by molar-refractivity contribution is -0.128. The molecule has 6 nitrogen and oxygen atoms in total. The van der Waals surface area contributed by atoms with Gasteiger partial charge in [0.25, 0.3) is 0 Å². The summed E-state index contributed by atoms with van der Waals surface area (Å²) in [5.41, 5.74) is 2.58. The van der Waals surface area contributed by atoms with Crippen LogP contribution in [0.4, 0.5) is 4.79 Å². The highest BCUT2D eigenvalue weighted by Crippen LogP contribution is 2.25. The van der Waals surface area contributed by atoms with Crippen molar-refractivity contribution in [1.29, 1.82) is 5.26 Å². The summed E-state index contributed by atoms with van der Waals surface area (Å²) < 4.78 is 5.49. The van der Waals surface area contributed by atoms with Crippen LogP contribution < -0.4 is 5.32 Å². The summed E-state index contributed by atoms with van der Waals surface area (Å²) in [5.74, 6) is 0.744. The lowest BCUT2D eigenvalue weighted by atomic mass is 9.99. The molecule has 2 aromatic rings. The van der Waals surface area contributed by atoms with E-state index in [9.17, 15) is 14.9 Å². The van der Waals surface area contributed by atoms with Crippen LogP contribution >= 0.6 is 11.8 Å². The molecule has 1 unspecified atom stereocenters. The molecular weight excluding hydrogens is 458 g/mol. The SMILES string of the molecule is CCSc1ccc(-c2ccc(C[C@@H](C#N)NC(=O)C3CCCCN3C(=O)OC(C)(C)C)cc2)cc1. The quantitative estimate of drug-likeness (QED) is 0.493. The molecule has 0 aliphatic carbocycles. The van der Waals surface area contributed by atoms with Crippen molar-refractivity contribution in [2.24, 2.45) is 0 Å². The van der Waals surface area contributed by atoms with Gasteiger partial charge in [0.2, 0.25) is 5.91 Å². The fraction of sp³-hybridized carbons (Fsp3) is 0.464. The van der Waals surface area contributed by atoms with Gasteiger partial charge in [-0.2, -0.15) is 5.26 Å². The molecule has 1 fully saturated rings. The number of rotatable bonds is 7.